The molecule has 0 aliphatic rings. The molecule has 7 heteroatoms. The Morgan fingerprint density at radius 2 is 2.00 bits per heavy atom. The van der Waals surface area contributed by atoms with Gasteiger partial charge in [0.15, 0.2) is 0 Å². The van der Waals surface area contributed by atoms with Crippen LogP contribution in [0.1, 0.15) is 38.6 Å². The summed E-state index contributed by atoms with van der Waals surface area (Å²) < 4.78 is 1.83. The van der Waals surface area contributed by atoms with Crippen molar-refractivity contribution in [2.24, 2.45) is 0 Å². The zero-order valence-electron chi connectivity index (χ0n) is 14.7. The number of pyridine rings is 2. The third-order valence-electron chi connectivity index (χ3n) is 4.06. The van der Waals surface area contributed by atoms with E-state index in [2.05, 4.69) is 15.3 Å². The van der Waals surface area contributed by atoms with Gasteiger partial charge < -0.3 is 9.88 Å². The number of carbonyl (C=O) groups excluding carboxylic acids is 1. The second kappa shape index (κ2) is 6.76. The van der Waals surface area contributed by atoms with Gasteiger partial charge in [-0.05, 0) is 39.8 Å². The number of thiazole rings is 1. The summed E-state index contributed by atoms with van der Waals surface area (Å²) in [5.74, 6) is -0.375. The molecule has 3 rings (SSSR count). The Morgan fingerprint density at radius 3 is 2.64 bits per heavy atom. The Labute approximate surface area is 149 Å². The molecule has 0 saturated carbocycles. The molecule has 6 nitrogen and oxygen atoms in total. The minimum Gasteiger partial charge on any atom is -0.347 e. The SMILES string of the molecule is CCn1cc(C(=O)NCc2sc(C)nc2C)c(=O)c2ccc(C)nc21. The summed E-state index contributed by atoms with van der Waals surface area (Å²) in [4.78, 5) is 35.1. The van der Waals surface area contributed by atoms with Crippen molar-refractivity contribution in [2.45, 2.75) is 40.8 Å². The lowest BCUT2D eigenvalue weighted by Crippen LogP contribution is -2.29. The Kier molecular flexibility index (Phi) is 4.67. The quantitative estimate of drug-likeness (QED) is 0.780. The van der Waals surface area contributed by atoms with Crippen LogP contribution >= 0.6 is 11.3 Å². The summed E-state index contributed by atoms with van der Waals surface area (Å²) in [7, 11) is 0. The van der Waals surface area contributed by atoms with E-state index in [4.69, 9.17) is 0 Å². The third kappa shape index (κ3) is 3.32. The molecule has 0 unspecified atom stereocenters. The first kappa shape index (κ1) is 17.3. The smallest absolute Gasteiger partial charge is 0.257 e. The maximum atomic E-state index is 12.7. The first-order chi connectivity index (χ1) is 11.9. The van der Waals surface area contributed by atoms with Gasteiger partial charge in [-0.3, -0.25) is 9.59 Å². The predicted molar refractivity (Wildman–Crippen MR) is 99.2 cm³/mol. The standard InChI is InChI=1S/C18H20N4O2S/c1-5-22-9-14(16(23)13-7-6-10(2)20-17(13)22)18(24)19-8-15-11(3)21-12(4)25-15/h6-7,9H,5,8H2,1-4H3,(H,19,24). The van der Waals surface area contributed by atoms with E-state index in [0.29, 0.717) is 24.1 Å². The third-order valence-corrected chi connectivity index (χ3v) is 5.13. The summed E-state index contributed by atoms with van der Waals surface area (Å²) >= 11 is 1.55. The number of hydrogen-bond donors (Lipinski definition) is 1. The molecule has 3 heterocycles. The molecule has 0 bridgehead atoms. The molecule has 0 aromatic carbocycles. The maximum absolute atomic E-state index is 12.7. The normalized spacial score (nSPS) is 11.0. The van der Waals surface area contributed by atoms with E-state index in [9.17, 15) is 9.59 Å². The number of aromatic nitrogens is 3. The number of aryl methyl sites for hydroxylation is 4. The highest BCUT2D eigenvalue weighted by Crippen LogP contribution is 2.17. The van der Waals surface area contributed by atoms with Crippen LogP contribution in [0.2, 0.25) is 0 Å². The number of hydrogen-bond acceptors (Lipinski definition) is 5. The fraction of sp³-hybridized carbons (Fsp3) is 0.333. The van der Waals surface area contributed by atoms with Crippen molar-refractivity contribution in [1.82, 2.24) is 19.9 Å². The van der Waals surface area contributed by atoms with Crippen LogP contribution in [0.3, 0.4) is 0 Å². The summed E-state index contributed by atoms with van der Waals surface area (Å²) in [5, 5.41) is 4.26. The fourth-order valence-corrected chi connectivity index (χ4v) is 3.63. The van der Waals surface area contributed by atoms with Crippen molar-refractivity contribution in [3.05, 3.63) is 55.4 Å². The van der Waals surface area contributed by atoms with E-state index in [1.807, 2.05) is 32.3 Å². The van der Waals surface area contributed by atoms with Gasteiger partial charge in [-0.2, -0.15) is 0 Å². The van der Waals surface area contributed by atoms with Crippen LogP contribution in [0.5, 0.6) is 0 Å². The number of rotatable bonds is 4. The van der Waals surface area contributed by atoms with Crippen molar-refractivity contribution in [1.29, 1.82) is 0 Å². The lowest BCUT2D eigenvalue weighted by Gasteiger charge is -2.11. The van der Waals surface area contributed by atoms with E-state index < -0.39 is 0 Å². The van der Waals surface area contributed by atoms with E-state index in [-0.39, 0.29) is 16.9 Å². The van der Waals surface area contributed by atoms with E-state index in [1.165, 1.54) is 0 Å². The predicted octanol–water partition coefficient (Wildman–Crippen LogP) is 2.73. The second-order valence-electron chi connectivity index (χ2n) is 5.91. The van der Waals surface area contributed by atoms with Gasteiger partial charge in [0.2, 0.25) is 5.43 Å². The molecule has 25 heavy (non-hydrogen) atoms. The van der Waals surface area contributed by atoms with Gasteiger partial charge in [-0.15, -0.1) is 11.3 Å². The number of nitrogens with zero attached hydrogens (tertiary/aromatic N) is 3. The molecule has 0 atom stereocenters. The minimum atomic E-state index is -0.375. The van der Waals surface area contributed by atoms with Crippen molar-refractivity contribution in [3.63, 3.8) is 0 Å². The van der Waals surface area contributed by atoms with Gasteiger partial charge in [0.1, 0.15) is 11.2 Å². The Bertz CT molecular complexity index is 1020. The van der Waals surface area contributed by atoms with Crippen molar-refractivity contribution in [2.75, 3.05) is 0 Å². The lowest BCUT2D eigenvalue weighted by atomic mass is 10.1. The Morgan fingerprint density at radius 1 is 1.24 bits per heavy atom. The summed E-state index contributed by atoms with van der Waals surface area (Å²) in [6.07, 6.45) is 1.59. The van der Waals surface area contributed by atoms with E-state index in [0.717, 1.165) is 21.3 Å². The molecule has 1 N–H and O–H groups in total. The topological polar surface area (TPSA) is 76.9 Å². The molecule has 0 fully saturated rings. The van der Waals surface area contributed by atoms with Crippen LogP contribution in [0.4, 0.5) is 0 Å². The van der Waals surface area contributed by atoms with E-state index in [1.54, 1.807) is 29.7 Å². The van der Waals surface area contributed by atoms with Gasteiger partial charge in [0.25, 0.3) is 5.91 Å². The van der Waals surface area contributed by atoms with Crippen LogP contribution in [0, 0.1) is 20.8 Å². The van der Waals surface area contributed by atoms with Crippen molar-refractivity contribution < 1.29 is 4.79 Å². The average molecular weight is 356 g/mol. The van der Waals surface area contributed by atoms with Crippen molar-refractivity contribution >= 4 is 28.3 Å². The Balaban J connectivity index is 1.96. The molecule has 0 aliphatic heterocycles. The van der Waals surface area contributed by atoms with Crippen LogP contribution in [0.15, 0.2) is 23.1 Å². The molecule has 0 radical (unpaired) electrons. The van der Waals surface area contributed by atoms with Gasteiger partial charge >= 0.3 is 0 Å². The second-order valence-corrected chi connectivity index (χ2v) is 7.19. The van der Waals surface area contributed by atoms with Gasteiger partial charge in [0.05, 0.1) is 22.6 Å². The molecule has 3 aromatic rings. The van der Waals surface area contributed by atoms with Crippen LogP contribution in [-0.4, -0.2) is 20.4 Å². The van der Waals surface area contributed by atoms with Crippen LogP contribution in [-0.2, 0) is 13.1 Å². The monoisotopic (exact) mass is 356 g/mol. The van der Waals surface area contributed by atoms with Crippen LogP contribution < -0.4 is 10.7 Å². The summed E-state index contributed by atoms with van der Waals surface area (Å²) in [5.41, 5.74) is 2.20. The van der Waals surface area contributed by atoms with Gasteiger partial charge in [-0.25, -0.2) is 9.97 Å². The summed E-state index contributed by atoms with van der Waals surface area (Å²) in [6, 6.07) is 3.52. The van der Waals surface area contributed by atoms with Crippen molar-refractivity contribution in [3.8, 4) is 0 Å². The molecule has 0 spiro atoms. The summed E-state index contributed by atoms with van der Waals surface area (Å²) in [6.45, 7) is 8.68. The molecular formula is C18H20N4O2S. The average Bonchev–Trinajstić information content (AvgIpc) is 2.90. The molecule has 130 valence electrons. The highest BCUT2D eigenvalue weighted by molar-refractivity contribution is 7.11. The highest BCUT2D eigenvalue weighted by atomic mass is 32.1. The number of fused-ring (bicyclic) bond motifs is 1. The van der Waals surface area contributed by atoms with Gasteiger partial charge in [-0.1, -0.05) is 0 Å². The molecule has 1 amide bonds. The van der Waals surface area contributed by atoms with Crippen LogP contribution in [0.25, 0.3) is 11.0 Å². The zero-order valence-corrected chi connectivity index (χ0v) is 15.5. The molecule has 0 aliphatic carbocycles. The number of carbonyl (C=O) groups is 1. The maximum Gasteiger partial charge on any atom is 0.257 e. The first-order valence-corrected chi connectivity index (χ1v) is 8.94. The fourth-order valence-electron chi connectivity index (χ4n) is 2.76. The lowest BCUT2D eigenvalue weighted by molar-refractivity contribution is 0.0949. The largest absolute Gasteiger partial charge is 0.347 e. The number of amides is 1. The highest BCUT2D eigenvalue weighted by Gasteiger charge is 2.16. The van der Waals surface area contributed by atoms with E-state index >= 15 is 0 Å². The van der Waals surface area contributed by atoms with Gasteiger partial charge in [0, 0.05) is 23.3 Å². The molecule has 3 aromatic heterocycles. The minimum absolute atomic E-state index is 0.138. The number of nitrogens with one attached hydrogen (secondary N) is 1. The first-order valence-electron chi connectivity index (χ1n) is 8.12. The molecular weight excluding hydrogens is 336 g/mol. The molecule has 0 saturated heterocycles. The zero-order chi connectivity index (χ0) is 18.1. The Hall–Kier alpha value is -2.54.